The van der Waals surface area contributed by atoms with E-state index < -0.39 is 0 Å². The Morgan fingerprint density at radius 1 is 1.30 bits per heavy atom. The van der Waals surface area contributed by atoms with Gasteiger partial charge in [0.05, 0.1) is 16.4 Å². The molecule has 0 aliphatic carbocycles. The van der Waals surface area contributed by atoms with E-state index in [0.717, 1.165) is 33.8 Å². The first kappa shape index (κ1) is 15.9. The number of hydrogen-bond donors (Lipinski definition) is 0. The van der Waals surface area contributed by atoms with E-state index in [1.54, 1.807) is 0 Å². The molecule has 2 aromatic rings. The Morgan fingerprint density at radius 2 is 1.95 bits per heavy atom. The van der Waals surface area contributed by atoms with Crippen molar-refractivity contribution in [3.05, 3.63) is 50.7 Å². The molecule has 0 N–H and O–H groups in total. The van der Waals surface area contributed by atoms with Crippen LogP contribution in [0.5, 0.6) is 0 Å². The Labute approximate surface area is 138 Å². The summed E-state index contributed by atoms with van der Waals surface area (Å²) in [4.78, 5) is 0. The molecule has 0 bridgehead atoms. The first-order valence-electron chi connectivity index (χ1n) is 6.60. The number of rotatable bonds is 5. The molecule has 5 heteroatoms. The van der Waals surface area contributed by atoms with E-state index in [1.165, 1.54) is 5.56 Å². The van der Waals surface area contributed by atoms with Crippen molar-refractivity contribution in [2.24, 2.45) is 0 Å². The molecule has 1 heterocycles. The summed E-state index contributed by atoms with van der Waals surface area (Å²) in [6.45, 7) is 4.83. The van der Waals surface area contributed by atoms with E-state index in [1.807, 2.05) is 23.7 Å². The molecule has 1 atom stereocenters. The molecule has 1 unspecified atom stereocenters. The molecule has 0 fully saturated rings. The van der Waals surface area contributed by atoms with Gasteiger partial charge in [0, 0.05) is 22.8 Å². The van der Waals surface area contributed by atoms with E-state index in [9.17, 15) is 0 Å². The van der Waals surface area contributed by atoms with E-state index in [4.69, 9.17) is 23.2 Å². The summed E-state index contributed by atoms with van der Waals surface area (Å²) in [5, 5.41) is 5.22. The third kappa shape index (κ3) is 3.38. The summed E-state index contributed by atoms with van der Waals surface area (Å²) in [7, 11) is 0. The van der Waals surface area contributed by atoms with Gasteiger partial charge in [0.25, 0.3) is 0 Å². The summed E-state index contributed by atoms with van der Waals surface area (Å²) >= 11 is 16.0. The second-order valence-electron chi connectivity index (χ2n) is 4.77. The van der Waals surface area contributed by atoms with Crippen LogP contribution in [0.1, 0.15) is 29.8 Å². The van der Waals surface area contributed by atoms with Gasteiger partial charge in [0.2, 0.25) is 0 Å². The molecule has 1 aromatic carbocycles. The van der Waals surface area contributed by atoms with E-state index in [2.05, 4.69) is 40.1 Å². The van der Waals surface area contributed by atoms with Crippen LogP contribution in [-0.2, 0) is 13.0 Å². The Morgan fingerprint density at radius 3 is 2.50 bits per heavy atom. The van der Waals surface area contributed by atoms with Crippen LogP contribution in [0.4, 0.5) is 0 Å². The molecule has 0 saturated heterocycles. The third-order valence-corrected chi connectivity index (χ3v) is 4.81. The predicted molar refractivity (Wildman–Crippen MR) is 89.0 cm³/mol. The predicted octanol–water partition coefficient (Wildman–Crippen LogP) is 5.19. The van der Waals surface area contributed by atoms with Gasteiger partial charge in [0.1, 0.15) is 0 Å². The van der Waals surface area contributed by atoms with Crippen LogP contribution in [0.15, 0.2) is 28.7 Å². The Kier molecular flexibility index (Phi) is 5.53. The van der Waals surface area contributed by atoms with Crippen LogP contribution in [0.3, 0.4) is 0 Å². The van der Waals surface area contributed by atoms with Crippen LogP contribution in [0.2, 0.25) is 5.02 Å². The zero-order valence-electron chi connectivity index (χ0n) is 11.5. The summed E-state index contributed by atoms with van der Waals surface area (Å²) in [6.07, 6.45) is 0.804. The zero-order chi connectivity index (χ0) is 14.7. The van der Waals surface area contributed by atoms with Crippen LogP contribution in [0.25, 0.3) is 0 Å². The highest BCUT2D eigenvalue weighted by Gasteiger charge is 2.18. The fraction of sp³-hybridized carbons (Fsp3) is 0.400. The van der Waals surface area contributed by atoms with Gasteiger partial charge in [-0.3, -0.25) is 4.68 Å². The summed E-state index contributed by atoms with van der Waals surface area (Å²) in [5.74, 6) is 0.801. The Hall–Kier alpha value is -0.510. The SMILES string of the molecule is CCn1nc(C)c(Cl)c1CC(CCl)c1ccc(Br)cc1. The van der Waals surface area contributed by atoms with E-state index in [-0.39, 0.29) is 5.92 Å². The molecule has 0 radical (unpaired) electrons. The smallest absolute Gasteiger partial charge is 0.0847 e. The number of alkyl halides is 1. The molecule has 0 saturated carbocycles. The number of aryl methyl sites for hydroxylation is 2. The van der Waals surface area contributed by atoms with Gasteiger partial charge < -0.3 is 0 Å². The maximum Gasteiger partial charge on any atom is 0.0847 e. The lowest BCUT2D eigenvalue weighted by atomic mass is 9.96. The number of aromatic nitrogens is 2. The Bertz CT molecular complexity index is 578. The normalized spacial score (nSPS) is 12.7. The second kappa shape index (κ2) is 6.97. The first-order valence-corrected chi connectivity index (χ1v) is 8.30. The second-order valence-corrected chi connectivity index (χ2v) is 6.37. The molecule has 0 amide bonds. The number of halogens is 3. The molecule has 0 aliphatic heterocycles. The maximum atomic E-state index is 6.37. The largest absolute Gasteiger partial charge is 0.268 e. The maximum absolute atomic E-state index is 6.37. The van der Waals surface area contributed by atoms with Crippen molar-refractivity contribution in [3.8, 4) is 0 Å². The molecule has 0 spiro atoms. The van der Waals surface area contributed by atoms with Crippen LogP contribution >= 0.6 is 39.1 Å². The Balaban J connectivity index is 2.28. The van der Waals surface area contributed by atoms with Crippen molar-refractivity contribution in [1.29, 1.82) is 0 Å². The average Bonchev–Trinajstić information content (AvgIpc) is 2.73. The van der Waals surface area contributed by atoms with Gasteiger partial charge in [0.15, 0.2) is 0 Å². The van der Waals surface area contributed by atoms with E-state index >= 15 is 0 Å². The van der Waals surface area contributed by atoms with Crippen molar-refractivity contribution in [3.63, 3.8) is 0 Å². The fourth-order valence-electron chi connectivity index (χ4n) is 2.29. The van der Waals surface area contributed by atoms with Gasteiger partial charge in [-0.05, 0) is 38.0 Å². The van der Waals surface area contributed by atoms with Gasteiger partial charge in [-0.2, -0.15) is 5.10 Å². The van der Waals surface area contributed by atoms with Crippen molar-refractivity contribution in [1.82, 2.24) is 9.78 Å². The molecule has 1 aromatic heterocycles. The van der Waals surface area contributed by atoms with Crippen LogP contribution in [-0.4, -0.2) is 15.7 Å². The minimum atomic E-state index is 0.240. The van der Waals surface area contributed by atoms with Crippen molar-refractivity contribution in [2.75, 3.05) is 5.88 Å². The lowest BCUT2D eigenvalue weighted by Crippen LogP contribution is -2.10. The molecule has 0 aliphatic rings. The quantitative estimate of drug-likeness (QED) is 0.657. The van der Waals surface area contributed by atoms with Crippen molar-refractivity contribution < 1.29 is 0 Å². The van der Waals surface area contributed by atoms with Gasteiger partial charge in [-0.25, -0.2) is 0 Å². The lowest BCUT2D eigenvalue weighted by molar-refractivity contribution is 0.596. The van der Waals surface area contributed by atoms with Gasteiger partial charge in [-0.15, -0.1) is 11.6 Å². The standard InChI is InChI=1S/C15H17BrCl2N2/c1-3-20-14(15(18)10(2)19-20)8-12(9-17)11-4-6-13(16)7-5-11/h4-7,12H,3,8-9H2,1-2H3. The number of nitrogens with zero attached hydrogens (tertiary/aromatic N) is 2. The molecular weight excluding hydrogens is 359 g/mol. The summed E-state index contributed by atoms with van der Waals surface area (Å²) < 4.78 is 3.04. The fourth-order valence-corrected chi connectivity index (χ4v) is 3.06. The highest BCUT2D eigenvalue weighted by molar-refractivity contribution is 9.10. The highest BCUT2D eigenvalue weighted by Crippen LogP contribution is 2.29. The highest BCUT2D eigenvalue weighted by atomic mass is 79.9. The summed E-state index contributed by atoms with van der Waals surface area (Å²) in [5.41, 5.74) is 3.17. The van der Waals surface area contributed by atoms with Crippen molar-refractivity contribution >= 4 is 39.1 Å². The first-order chi connectivity index (χ1) is 9.56. The summed E-state index contributed by atoms with van der Waals surface area (Å²) in [6, 6.07) is 8.28. The van der Waals surface area contributed by atoms with Crippen molar-refractivity contribution in [2.45, 2.75) is 32.7 Å². The third-order valence-electron chi connectivity index (χ3n) is 3.42. The molecule has 2 rings (SSSR count). The van der Waals surface area contributed by atoms with Gasteiger partial charge >= 0.3 is 0 Å². The van der Waals surface area contributed by atoms with Gasteiger partial charge in [-0.1, -0.05) is 39.7 Å². The molecule has 20 heavy (non-hydrogen) atoms. The number of hydrogen-bond acceptors (Lipinski definition) is 1. The van der Waals surface area contributed by atoms with Crippen LogP contribution in [0, 0.1) is 6.92 Å². The number of benzene rings is 1. The monoisotopic (exact) mass is 374 g/mol. The molecular formula is C15H17BrCl2N2. The molecule has 2 nitrogen and oxygen atoms in total. The minimum absolute atomic E-state index is 0.240. The zero-order valence-corrected chi connectivity index (χ0v) is 14.6. The van der Waals surface area contributed by atoms with Crippen LogP contribution < -0.4 is 0 Å². The average molecular weight is 376 g/mol. The molecule has 108 valence electrons. The minimum Gasteiger partial charge on any atom is -0.268 e. The van der Waals surface area contributed by atoms with E-state index in [0.29, 0.717) is 5.88 Å². The lowest BCUT2D eigenvalue weighted by Gasteiger charge is -2.15. The topological polar surface area (TPSA) is 17.8 Å².